The largest absolute Gasteiger partial charge is 0.497 e. The third-order valence-corrected chi connectivity index (χ3v) is 6.13. The first kappa shape index (κ1) is 22.0. The highest BCUT2D eigenvalue weighted by molar-refractivity contribution is 7.91. The van der Waals surface area contributed by atoms with Crippen LogP contribution < -0.4 is 19.1 Å². The fourth-order valence-corrected chi connectivity index (χ4v) is 4.53. The van der Waals surface area contributed by atoms with Gasteiger partial charge in [0, 0.05) is 6.54 Å². The van der Waals surface area contributed by atoms with E-state index in [1.165, 1.54) is 7.11 Å². The van der Waals surface area contributed by atoms with Gasteiger partial charge in [-0.1, -0.05) is 19.1 Å². The van der Waals surface area contributed by atoms with E-state index >= 15 is 0 Å². The molecule has 2 aromatic carbocycles. The van der Waals surface area contributed by atoms with Crippen LogP contribution in [0.3, 0.4) is 0 Å². The molecule has 1 aliphatic rings. The molecular formula is C22H28N2O5S. The molecule has 1 aliphatic heterocycles. The number of fused-ring (bicyclic) bond motifs is 1. The van der Waals surface area contributed by atoms with E-state index in [0.717, 1.165) is 6.42 Å². The van der Waals surface area contributed by atoms with Gasteiger partial charge in [-0.2, -0.15) is 0 Å². The zero-order valence-corrected chi connectivity index (χ0v) is 18.6. The number of methoxy groups -OCH3 is 1. The van der Waals surface area contributed by atoms with Gasteiger partial charge in [0.25, 0.3) is 0 Å². The normalized spacial score (nSPS) is 15.7. The number of benzene rings is 2. The summed E-state index contributed by atoms with van der Waals surface area (Å²) in [7, 11) is -2.13. The Morgan fingerprint density at radius 2 is 1.97 bits per heavy atom. The van der Waals surface area contributed by atoms with Crippen LogP contribution in [0, 0.1) is 5.41 Å². The number of amides is 1. The summed E-state index contributed by atoms with van der Waals surface area (Å²) in [4.78, 5) is 14.7. The smallest absolute Gasteiger partial charge is 0.236 e. The number of hydrogen-bond donors (Lipinski definition) is 1. The monoisotopic (exact) mass is 432 g/mol. The van der Waals surface area contributed by atoms with Gasteiger partial charge in [0.15, 0.2) is 0 Å². The fourth-order valence-electron chi connectivity index (χ4n) is 3.35. The summed E-state index contributed by atoms with van der Waals surface area (Å²) in [5.74, 6) is 0.932. The molecule has 8 heteroatoms. The SMILES string of the molecule is CCCN1C(=O)C(C)(C)COc2ccc(NS(=O)(=O)Cc3cccc(OC)c3)cc21. The molecule has 0 saturated heterocycles. The summed E-state index contributed by atoms with van der Waals surface area (Å²) >= 11 is 0. The lowest BCUT2D eigenvalue weighted by molar-refractivity contribution is -0.127. The molecule has 0 aliphatic carbocycles. The van der Waals surface area contributed by atoms with Crippen molar-refractivity contribution >= 4 is 27.3 Å². The molecule has 2 aromatic rings. The summed E-state index contributed by atoms with van der Waals surface area (Å²) in [6.07, 6.45) is 0.771. The molecule has 1 heterocycles. The maximum absolute atomic E-state index is 13.0. The van der Waals surface area contributed by atoms with Gasteiger partial charge in [-0.25, -0.2) is 8.42 Å². The number of anilines is 2. The average Bonchev–Trinajstić information content (AvgIpc) is 2.78. The van der Waals surface area contributed by atoms with Gasteiger partial charge in [0.2, 0.25) is 15.9 Å². The molecule has 0 bridgehead atoms. The Bertz CT molecular complexity index is 1030. The Morgan fingerprint density at radius 1 is 1.20 bits per heavy atom. The zero-order chi connectivity index (χ0) is 21.9. The number of sulfonamides is 1. The molecule has 0 fully saturated rings. The van der Waals surface area contributed by atoms with E-state index in [-0.39, 0.29) is 18.3 Å². The van der Waals surface area contributed by atoms with Crippen LogP contribution in [0.15, 0.2) is 42.5 Å². The molecule has 7 nitrogen and oxygen atoms in total. The lowest BCUT2D eigenvalue weighted by Crippen LogP contribution is -2.42. The standard InChI is InChI=1S/C22H28N2O5S/c1-5-11-24-19-13-17(9-10-20(19)29-15-22(2,3)21(24)25)23-30(26,27)14-16-7-6-8-18(12-16)28-4/h6-10,12-13,23H,5,11,14-15H2,1-4H3. The molecule has 0 saturated carbocycles. The minimum atomic E-state index is -3.66. The quantitative estimate of drug-likeness (QED) is 0.719. The number of carbonyl (C=O) groups excluding carboxylic acids is 1. The summed E-state index contributed by atoms with van der Waals surface area (Å²) in [6.45, 7) is 6.48. The van der Waals surface area contributed by atoms with Crippen molar-refractivity contribution in [1.82, 2.24) is 0 Å². The molecule has 0 spiro atoms. The minimum absolute atomic E-state index is 0.0421. The molecular weight excluding hydrogens is 404 g/mol. The van der Waals surface area contributed by atoms with Gasteiger partial charge in [-0.15, -0.1) is 0 Å². The van der Waals surface area contributed by atoms with Gasteiger partial charge in [-0.3, -0.25) is 9.52 Å². The maximum atomic E-state index is 13.0. The highest BCUT2D eigenvalue weighted by atomic mass is 32.2. The van der Waals surface area contributed by atoms with Gasteiger partial charge < -0.3 is 14.4 Å². The first-order valence-corrected chi connectivity index (χ1v) is 11.5. The van der Waals surface area contributed by atoms with E-state index < -0.39 is 15.4 Å². The number of carbonyl (C=O) groups is 1. The van der Waals surface area contributed by atoms with Crippen molar-refractivity contribution < 1.29 is 22.7 Å². The summed E-state index contributed by atoms with van der Waals surface area (Å²) < 4.78 is 39.1. The van der Waals surface area contributed by atoms with E-state index in [9.17, 15) is 13.2 Å². The minimum Gasteiger partial charge on any atom is -0.497 e. The number of nitrogens with zero attached hydrogens (tertiary/aromatic N) is 1. The molecule has 30 heavy (non-hydrogen) atoms. The highest BCUT2D eigenvalue weighted by Crippen LogP contribution is 2.38. The maximum Gasteiger partial charge on any atom is 0.236 e. The molecule has 0 radical (unpaired) electrons. The Labute approximate surface area is 178 Å². The average molecular weight is 433 g/mol. The number of nitrogens with one attached hydrogen (secondary N) is 1. The van der Waals surface area contributed by atoms with Crippen LogP contribution >= 0.6 is 0 Å². The Morgan fingerprint density at radius 3 is 2.67 bits per heavy atom. The van der Waals surface area contributed by atoms with Gasteiger partial charge in [0.05, 0.1) is 29.7 Å². The molecule has 162 valence electrons. The molecule has 0 aromatic heterocycles. The Balaban J connectivity index is 1.88. The first-order valence-electron chi connectivity index (χ1n) is 9.87. The van der Waals surface area contributed by atoms with Crippen molar-refractivity contribution in [3.63, 3.8) is 0 Å². The predicted molar refractivity (Wildman–Crippen MR) is 118 cm³/mol. The summed E-state index contributed by atoms with van der Waals surface area (Å²) in [6, 6.07) is 11.9. The Kier molecular flexibility index (Phi) is 6.26. The lowest BCUT2D eigenvalue weighted by atomic mass is 9.93. The second kappa shape index (κ2) is 8.55. The topological polar surface area (TPSA) is 84.9 Å². The fraction of sp³-hybridized carbons (Fsp3) is 0.409. The van der Waals surface area contributed by atoms with Crippen LogP contribution in [0.4, 0.5) is 11.4 Å². The van der Waals surface area contributed by atoms with Crippen molar-refractivity contribution in [3.8, 4) is 11.5 Å². The van der Waals surface area contributed by atoms with Gasteiger partial charge >= 0.3 is 0 Å². The lowest BCUT2D eigenvalue weighted by Gasteiger charge is -2.28. The van der Waals surface area contributed by atoms with Crippen molar-refractivity contribution in [2.24, 2.45) is 5.41 Å². The second-order valence-corrected chi connectivity index (χ2v) is 9.75. The van der Waals surface area contributed by atoms with Gasteiger partial charge in [-0.05, 0) is 56.2 Å². The summed E-state index contributed by atoms with van der Waals surface area (Å²) in [5.41, 5.74) is 0.910. The number of hydrogen-bond acceptors (Lipinski definition) is 5. The Hall–Kier alpha value is -2.74. The van der Waals surface area contributed by atoms with E-state index in [2.05, 4.69) is 4.72 Å². The predicted octanol–water partition coefficient (Wildman–Crippen LogP) is 3.80. The van der Waals surface area contributed by atoms with Crippen LogP contribution in [0.2, 0.25) is 0 Å². The third-order valence-electron chi connectivity index (χ3n) is 4.87. The molecule has 0 unspecified atom stereocenters. The highest BCUT2D eigenvalue weighted by Gasteiger charge is 2.37. The molecule has 1 N–H and O–H groups in total. The van der Waals surface area contributed by atoms with Crippen LogP contribution in [0.25, 0.3) is 0 Å². The van der Waals surface area contributed by atoms with Crippen LogP contribution in [-0.4, -0.2) is 34.6 Å². The van der Waals surface area contributed by atoms with Gasteiger partial charge in [0.1, 0.15) is 18.1 Å². The van der Waals surface area contributed by atoms with Crippen LogP contribution in [0.5, 0.6) is 11.5 Å². The second-order valence-electron chi connectivity index (χ2n) is 8.02. The zero-order valence-electron chi connectivity index (χ0n) is 17.8. The third kappa shape index (κ3) is 4.87. The van der Waals surface area contributed by atoms with Crippen molar-refractivity contribution in [2.75, 3.05) is 29.9 Å². The van der Waals surface area contributed by atoms with Crippen LogP contribution in [0.1, 0.15) is 32.8 Å². The van der Waals surface area contributed by atoms with E-state index in [1.807, 2.05) is 20.8 Å². The van der Waals surface area contributed by atoms with Crippen molar-refractivity contribution in [1.29, 1.82) is 0 Å². The van der Waals surface area contributed by atoms with Crippen molar-refractivity contribution in [3.05, 3.63) is 48.0 Å². The number of ether oxygens (including phenoxy) is 2. The van der Waals surface area contributed by atoms with E-state index in [4.69, 9.17) is 9.47 Å². The molecule has 3 rings (SSSR count). The van der Waals surface area contributed by atoms with Crippen LogP contribution in [-0.2, 0) is 20.6 Å². The first-order chi connectivity index (χ1) is 14.1. The van der Waals surface area contributed by atoms with E-state index in [1.54, 1.807) is 47.4 Å². The number of rotatable bonds is 7. The van der Waals surface area contributed by atoms with Crippen molar-refractivity contribution in [2.45, 2.75) is 32.9 Å². The summed E-state index contributed by atoms with van der Waals surface area (Å²) in [5, 5.41) is 0. The molecule has 0 atom stereocenters. The van der Waals surface area contributed by atoms with E-state index in [0.29, 0.717) is 35.0 Å². The molecule has 1 amide bonds.